The van der Waals surface area contributed by atoms with E-state index >= 15 is 0 Å². The topological polar surface area (TPSA) is 55.0 Å². The van der Waals surface area contributed by atoms with Crippen LogP contribution in [-0.2, 0) is 19.5 Å². The summed E-state index contributed by atoms with van der Waals surface area (Å²) in [5.41, 5.74) is 10.3. The van der Waals surface area contributed by atoms with Gasteiger partial charge in [0, 0.05) is 54.6 Å². The van der Waals surface area contributed by atoms with Crippen molar-refractivity contribution in [2.75, 3.05) is 12.3 Å². The van der Waals surface area contributed by atoms with Gasteiger partial charge >= 0.3 is 0 Å². The fourth-order valence-electron chi connectivity index (χ4n) is 2.88. The van der Waals surface area contributed by atoms with E-state index in [9.17, 15) is 0 Å². The summed E-state index contributed by atoms with van der Waals surface area (Å²) in [7, 11) is 0. The minimum atomic E-state index is 0.819. The molecular formula is C18H18N4S. The number of benzene rings is 1. The zero-order valence-electron chi connectivity index (χ0n) is 12.8. The van der Waals surface area contributed by atoms with Gasteiger partial charge in [-0.15, -0.1) is 11.3 Å². The maximum Gasteiger partial charge on any atom is 0.124 e. The van der Waals surface area contributed by atoms with Crippen molar-refractivity contribution >= 4 is 17.0 Å². The molecule has 0 atom stereocenters. The van der Waals surface area contributed by atoms with Gasteiger partial charge in [0.25, 0.3) is 0 Å². The SMILES string of the molecule is Nc1ccc(CN2CCc3nc(-c4ccncc4)sc3C2)cc1. The van der Waals surface area contributed by atoms with Crippen molar-refractivity contribution in [2.45, 2.75) is 19.5 Å². The lowest BCUT2D eigenvalue weighted by Gasteiger charge is -2.25. The monoisotopic (exact) mass is 322 g/mol. The molecule has 0 bridgehead atoms. The fraction of sp³-hybridized carbons (Fsp3) is 0.222. The Balaban J connectivity index is 1.51. The number of nitrogens with zero attached hydrogens (tertiary/aromatic N) is 3. The molecule has 0 saturated carbocycles. The lowest BCUT2D eigenvalue weighted by Crippen LogP contribution is -2.29. The van der Waals surface area contributed by atoms with Gasteiger partial charge in [-0.2, -0.15) is 0 Å². The van der Waals surface area contributed by atoms with E-state index in [0.717, 1.165) is 42.3 Å². The van der Waals surface area contributed by atoms with E-state index in [1.165, 1.54) is 16.1 Å². The van der Waals surface area contributed by atoms with Crippen molar-refractivity contribution in [1.29, 1.82) is 0 Å². The highest BCUT2D eigenvalue weighted by Gasteiger charge is 2.21. The van der Waals surface area contributed by atoms with E-state index < -0.39 is 0 Å². The second kappa shape index (κ2) is 6.10. The first-order valence-electron chi connectivity index (χ1n) is 7.74. The number of hydrogen-bond donors (Lipinski definition) is 1. The van der Waals surface area contributed by atoms with E-state index in [2.05, 4.69) is 22.0 Å². The zero-order valence-corrected chi connectivity index (χ0v) is 13.6. The van der Waals surface area contributed by atoms with Crippen LogP contribution < -0.4 is 5.73 Å². The largest absolute Gasteiger partial charge is 0.399 e. The molecule has 1 aromatic carbocycles. The highest BCUT2D eigenvalue weighted by Crippen LogP contribution is 2.31. The minimum Gasteiger partial charge on any atom is -0.399 e. The smallest absolute Gasteiger partial charge is 0.124 e. The van der Waals surface area contributed by atoms with Crippen molar-refractivity contribution in [1.82, 2.24) is 14.9 Å². The lowest BCUT2D eigenvalue weighted by atomic mass is 10.1. The minimum absolute atomic E-state index is 0.819. The van der Waals surface area contributed by atoms with Crippen LogP contribution in [0.4, 0.5) is 5.69 Å². The van der Waals surface area contributed by atoms with Gasteiger partial charge in [-0.1, -0.05) is 12.1 Å². The van der Waals surface area contributed by atoms with Gasteiger partial charge in [-0.05, 0) is 29.8 Å². The maximum absolute atomic E-state index is 5.76. The quantitative estimate of drug-likeness (QED) is 0.751. The zero-order chi connectivity index (χ0) is 15.6. The molecule has 2 N–H and O–H groups in total. The molecular weight excluding hydrogens is 304 g/mol. The molecule has 0 aliphatic carbocycles. The molecule has 3 aromatic rings. The highest BCUT2D eigenvalue weighted by atomic mass is 32.1. The number of hydrogen-bond acceptors (Lipinski definition) is 5. The van der Waals surface area contributed by atoms with Crippen molar-refractivity contribution < 1.29 is 0 Å². The van der Waals surface area contributed by atoms with Crippen molar-refractivity contribution in [2.24, 2.45) is 0 Å². The highest BCUT2D eigenvalue weighted by molar-refractivity contribution is 7.15. The summed E-state index contributed by atoms with van der Waals surface area (Å²) in [4.78, 5) is 12.8. The third-order valence-corrected chi connectivity index (χ3v) is 5.25. The maximum atomic E-state index is 5.76. The van der Waals surface area contributed by atoms with Gasteiger partial charge in [0.1, 0.15) is 5.01 Å². The van der Waals surface area contributed by atoms with Gasteiger partial charge in [-0.3, -0.25) is 9.88 Å². The van der Waals surface area contributed by atoms with Crippen LogP contribution in [-0.4, -0.2) is 21.4 Å². The third-order valence-electron chi connectivity index (χ3n) is 4.12. The van der Waals surface area contributed by atoms with Crippen molar-refractivity contribution in [3.05, 3.63) is 64.9 Å². The molecule has 0 spiro atoms. The Bertz CT molecular complexity index is 796. The second-order valence-corrected chi connectivity index (χ2v) is 6.91. The molecule has 23 heavy (non-hydrogen) atoms. The molecule has 4 rings (SSSR count). The molecule has 116 valence electrons. The lowest BCUT2D eigenvalue weighted by molar-refractivity contribution is 0.247. The van der Waals surface area contributed by atoms with Crippen LogP contribution in [0, 0.1) is 0 Å². The Morgan fingerprint density at radius 3 is 2.65 bits per heavy atom. The Labute approximate surface area is 139 Å². The first-order chi connectivity index (χ1) is 11.3. The Morgan fingerprint density at radius 1 is 1.09 bits per heavy atom. The number of rotatable bonds is 3. The molecule has 1 aliphatic rings. The van der Waals surface area contributed by atoms with E-state index in [1.54, 1.807) is 11.3 Å². The number of aromatic nitrogens is 2. The molecule has 0 radical (unpaired) electrons. The Morgan fingerprint density at radius 2 is 1.87 bits per heavy atom. The Hall–Kier alpha value is -2.24. The number of anilines is 1. The molecule has 3 heterocycles. The molecule has 1 aliphatic heterocycles. The molecule has 0 amide bonds. The summed E-state index contributed by atoms with van der Waals surface area (Å²) >= 11 is 1.80. The fourth-order valence-corrected chi connectivity index (χ4v) is 4.04. The summed E-state index contributed by atoms with van der Waals surface area (Å²) in [6.07, 6.45) is 4.66. The van der Waals surface area contributed by atoms with Crippen molar-refractivity contribution in [3.8, 4) is 10.6 Å². The van der Waals surface area contributed by atoms with Gasteiger partial charge in [0.15, 0.2) is 0 Å². The predicted octanol–water partition coefficient (Wildman–Crippen LogP) is 3.35. The summed E-state index contributed by atoms with van der Waals surface area (Å²) in [5, 5.41) is 1.10. The molecule has 5 heteroatoms. The van der Waals surface area contributed by atoms with E-state index in [4.69, 9.17) is 10.7 Å². The predicted molar refractivity (Wildman–Crippen MR) is 94.0 cm³/mol. The van der Waals surface area contributed by atoms with Crippen LogP contribution in [0.25, 0.3) is 10.6 Å². The molecule has 0 fully saturated rings. The average molecular weight is 322 g/mol. The van der Waals surface area contributed by atoms with Crippen LogP contribution in [0.3, 0.4) is 0 Å². The molecule has 4 nitrogen and oxygen atoms in total. The average Bonchev–Trinajstić information content (AvgIpc) is 3.01. The first-order valence-corrected chi connectivity index (χ1v) is 8.55. The van der Waals surface area contributed by atoms with Crippen molar-refractivity contribution in [3.63, 3.8) is 0 Å². The summed E-state index contributed by atoms with van der Waals surface area (Å²) < 4.78 is 0. The molecule has 0 unspecified atom stereocenters. The number of fused-ring (bicyclic) bond motifs is 1. The molecule has 0 saturated heterocycles. The van der Waals surface area contributed by atoms with Crippen LogP contribution in [0.2, 0.25) is 0 Å². The van der Waals surface area contributed by atoms with Gasteiger partial charge < -0.3 is 5.73 Å². The number of nitrogen functional groups attached to an aromatic ring is 1. The summed E-state index contributed by atoms with van der Waals surface area (Å²) in [6, 6.07) is 12.2. The van der Waals surface area contributed by atoms with Gasteiger partial charge in [0.2, 0.25) is 0 Å². The van der Waals surface area contributed by atoms with E-state index in [1.807, 2.05) is 36.7 Å². The standard InChI is InChI=1S/C18H18N4S/c19-15-3-1-13(2-4-15)11-22-10-7-16-17(12-22)23-18(21-16)14-5-8-20-9-6-14/h1-6,8-9H,7,10-12,19H2. The van der Waals surface area contributed by atoms with E-state index in [0.29, 0.717) is 0 Å². The number of thiazole rings is 1. The van der Waals surface area contributed by atoms with E-state index in [-0.39, 0.29) is 0 Å². The van der Waals surface area contributed by atoms with Crippen LogP contribution in [0.1, 0.15) is 16.1 Å². The van der Waals surface area contributed by atoms with Gasteiger partial charge in [-0.25, -0.2) is 4.98 Å². The number of pyridine rings is 1. The molecule has 2 aromatic heterocycles. The summed E-state index contributed by atoms with van der Waals surface area (Å²) in [5.74, 6) is 0. The normalized spacial score (nSPS) is 14.6. The van der Waals surface area contributed by atoms with Crippen LogP contribution in [0.15, 0.2) is 48.8 Å². The first kappa shape index (κ1) is 14.4. The number of nitrogens with two attached hydrogens (primary N) is 1. The Kier molecular flexibility index (Phi) is 3.81. The van der Waals surface area contributed by atoms with Crippen LogP contribution >= 0.6 is 11.3 Å². The second-order valence-electron chi connectivity index (χ2n) is 5.83. The third kappa shape index (κ3) is 3.11. The van der Waals surface area contributed by atoms with Gasteiger partial charge in [0.05, 0.1) is 5.69 Å². The summed E-state index contributed by atoms with van der Waals surface area (Å²) in [6.45, 7) is 2.99. The van der Waals surface area contributed by atoms with Crippen LogP contribution in [0.5, 0.6) is 0 Å².